The SMILES string of the molecule is CC(C(=O)O)c1ccc(COc2ccccc2)cc1. The maximum atomic E-state index is 10.9. The smallest absolute Gasteiger partial charge is 0.310 e. The van der Waals surface area contributed by atoms with Crippen LogP contribution in [-0.2, 0) is 11.4 Å². The summed E-state index contributed by atoms with van der Waals surface area (Å²) in [5, 5.41) is 8.93. The van der Waals surface area contributed by atoms with Crippen molar-refractivity contribution in [3.8, 4) is 5.75 Å². The van der Waals surface area contributed by atoms with Gasteiger partial charge in [0.05, 0.1) is 5.92 Å². The number of carboxylic acids is 1. The maximum absolute atomic E-state index is 10.9. The molecule has 0 fully saturated rings. The lowest BCUT2D eigenvalue weighted by Gasteiger charge is -2.09. The van der Waals surface area contributed by atoms with Gasteiger partial charge in [0.2, 0.25) is 0 Å². The zero-order valence-corrected chi connectivity index (χ0v) is 10.7. The number of benzene rings is 2. The highest BCUT2D eigenvalue weighted by atomic mass is 16.5. The predicted octanol–water partition coefficient (Wildman–Crippen LogP) is 3.45. The molecule has 0 bridgehead atoms. The molecule has 3 nitrogen and oxygen atoms in total. The number of carboxylic acid groups (broad SMARTS) is 1. The highest BCUT2D eigenvalue weighted by Crippen LogP contribution is 2.17. The molecule has 2 aromatic rings. The molecule has 0 aliphatic carbocycles. The van der Waals surface area contributed by atoms with Gasteiger partial charge in [0, 0.05) is 0 Å². The largest absolute Gasteiger partial charge is 0.489 e. The molecule has 0 aliphatic heterocycles. The third-order valence-corrected chi connectivity index (χ3v) is 3.00. The van der Waals surface area contributed by atoms with Gasteiger partial charge in [-0.3, -0.25) is 4.79 Å². The first kappa shape index (κ1) is 13.1. The number of para-hydroxylation sites is 1. The molecule has 0 spiro atoms. The van der Waals surface area contributed by atoms with E-state index in [0.717, 1.165) is 16.9 Å². The van der Waals surface area contributed by atoms with Crippen LogP contribution < -0.4 is 4.74 Å². The van der Waals surface area contributed by atoms with E-state index in [1.165, 1.54) is 0 Å². The number of ether oxygens (including phenoxy) is 1. The molecule has 98 valence electrons. The fourth-order valence-corrected chi connectivity index (χ4v) is 1.73. The van der Waals surface area contributed by atoms with E-state index in [1.54, 1.807) is 6.92 Å². The number of carbonyl (C=O) groups is 1. The topological polar surface area (TPSA) is 46.5 Å². The second kappa shape index (κ2) is 6.05. The summed E-state index contributed by atoms with van der Waals surface area (Å²) in [6.07, 6.45) is 0. The summed E-state index contributed by atoms with van der Waals surface area (Å²) >= 11 is 0. The van der Waals surface area contributed by atoms with Crippen LogP contribution in [-0.4, -0.2) is 11.1 Å². The zero-order chi connectivity index (χ0) is 13.7. The maximum Gasteiger partial charge on any atom is 0.310 e. The van der Waals surface area contributed by atoms with E-state index >= 15 is 0 Å². The van der Waals surface area contributed by atoms with Gasteiger partial charge < -0.3 is 9.84 Å². The second-order valence-electron chi connectivity index (χ2n) is 4.40. The molecule has 2 rings (SSSR count). The number of hydrogen-bond donors (Lipinski definition) is 1. The van der Waals surface area contributed by atoms with E-state index in [0.29, 0.717) is 6.61 Å². The highest BCUT2D eigenvalue weighted by molar-refractivity contribution is 5.75. The molecule has 1 atom stereocenters. The van der Waals surface area contributed by atoms with Crippen molar-refractivity contribution in [3.05, 3.63) is 65.7 Å². The van der Waals surface area contributed by atoms with Gasteiger partial charge in [0.25, 0.3) is 0 Å². The fourth-order valence-electron chi connectivity index (χ4n) is 1.73. The number of rotatable bonds is 5. The number of hydrogen-bond acceptors (Lipinski definition) is 2. The van der Waals surface area contributed by atoms with Crippen molar-refractivity contribution in [1.29, 1.82) is 0 Å². The lowest BCUT2D eigenvalue weighted by Crippen LogP contribution is -2.07. The van der Waals surface area contributed by atoms with E-state index in [4.69, 9.17) is 9.84 Å². The van der Waals surface area contributed by atoms with Gasteiger partial charge in [-0.1, -0.05) is 42.5 Å². The zero-order valence-electron chi connectivity index (χ0n) is 10.7. The molecule has 0 radical (unpaired) electrons. The van der Waals surface area contributed by atoms with E-state index in [2.05, 4.69) is 0 Å². The van der Waals surface area contributed by atoms with Crippen molar-refractivity contribution >= 4 is 5.97 Å². The van der Waals surface area contributed by atoms with E-state index in [-0.39, 0.29) is 0 Å². The Hall–Kier alpha value is -2.29. The van der Waals surface area contributed by atoms with E-state index in [1.807, 2.05) is 54.6 Å². The van der Waals surface area contributed by atoms with Gasteiger partial charge >= 0.3 is 5.97 Å². The third kappa shape index (κ3) is 3.58. The molecule has 1 N–H and O–H groups in total. The third-order valence-electron chi connectivity index (χ3n) is 3.00. The van der Waals surface area contributed by atoms with Crippen molar-refractivity contribution in [3.63, 3.8) is 0 Å². The average Bonchev–Trinajstić information content (AvgIpc) is 2.46. The van der Waals surface area contributed by atoms with Crippen molar-refractivity contribution in [2.75, 3.05) is 0 Å². The van der Waals surface area contributed by atoms with Gasteiger partial charge in [-0.25, -0.2) is 0 Å². The molecule has 2 aromatic carbocycles. The Labute approximate surface area is 112 Å². The van der Waals surface area contributed by atoms with Crippen molar-refractivity contribution in [2.24, 2.45) is 0 Å². The minimum atomic E-state index is -0.812. The minimum Gasteiger partial charge on any atom is -0.489 e. The molecule has 1 unspecified atom stereocenters. The predicted molar refractivity (Wildman–Crippen MR) is 73.3 cm³/mol. The van der Waals surface area contributed by atoms with Gasteiger partial charge in [0.15, 0.2) is 0 Å². The normalized spacial score (nSPS) is 11.8. The molecule has 0 saturated carbocycles. The molecule has 0 heterocycles. The molecule has 3 heteroatoms. The monoisotopic (exact) mass is 256 g/mol. The minimum absolute atomic E-state index is 0.478. The van der Waals surface area contributed by atoms with Crippen LogP contribution in [0.25, 0.3) is 0 Å². The Morgan fingerprint density at radius 3 is 2.32 bits per heavy atom. The van der Waals surface area contributed by atoms with Gasteiger partial charge in [-0.2, -0.15) is 0 Å². The number of aliphatic carboxylic acids is 1. The van der Waals surface area contributed by atoms with Crippen LogP contribution in [0.3, 0.4) is 0 Å². The van der Waals surface area contributed by atoms with Crippen LogP contribution in [0, 0.1) is 0 Å². The fraction of sp³-hybridized carbons (Fsp3) is 0.188. The Balaban J connectivity index is 1.97. The van der Waals surface area contributed by atoms with Crippen molar-refractivity contribution in [1.82, 2.24) is 0 Å². The summed E-state index contributed by atoms with van der Waals surface area (Å²) in [6.45, 7) is 2.16. The van der Waals surface area contributed by atoms with Crippen LogP contribution in [0.5, 0.6) is 5.75 Å². The Morgan fingerprint density at radius 1 is 1.11 bits per heavy atom. The summed E-state index contributed by atoms with van der Waals surface area (Å²) in [5.41, 5.74) is 1.82. The molecule has 0 aromatic heterocycles. The molecule has 0 saturated heterocycles. The molecular formula is C16H16O3. The van der Waals surface area contributed by atoms with Gasteiger partial charge in [-0.05, 0) is 30.2 Å². The van der Waals surface area contributed by atoms with Gasteiger partial charge in [-0.15, -0.1) is 0 Å². The second-order valence-corrected chi connectivity index (χ2v) is 4.40. The summed E-state index contributed by atoms with van der Waals surface area (Å²) in [6, 6.07) is 17.1. The lowest BCUT2D eigenvalue weighted by molar-refractivity contribution is -0.138. The standard InChI is InChI=1S/C16H16O3/c1-12(16(17)18)14-9-7-13(8-10-14)11-19-15-5-3-2-4-6-15/h2-10,12H,11H2,1H3,(H,17,18). The summed E-state index contributed by atoms with van der Waals surface area (Å²) in [7, 11) is 0. The Morgan fingerprint density at radius 2 is 1.74 bits per heavy atom. The molecule has 0 amide bonds. The van der Waals surface area contributed by atoms with Crippen LogP contribution in [0.2, 0.25) is 0 Å². The summed E-state index contributed by atoms with van der Waals surface area (Å²) in [5.74, 6) is -0.470. The van der Waals surface area contributed by atoms with Crippen LogP contribution >= 0.6 is 0 Å². The summed E-state index contributed by atoms with van der Waals surface area (Å²) in [4.78, 5) is 10.9. The first-order chi connectivity index (χ1) is 9.16. The molecule has 0 aliphatic rings. The quantitative estimate of drug-likeness (QED) is 0.891. The van der Waals surface area contributed by atoms with E-state index in [9.17, 15) is 4.79 Å². The first-order valence-electron chi connectivity index (χ1n) is 6.16. The lowest BCUT2D eigenvalue weighted by atomic mass is 10.0. The molecule has 19 heavy (non-hydrogen) atoms. The summed E-state index contributed by atoms with van der Waals surface area (Å²) < 4.78 is 5.62. The van der Waals surface area contributed by atoms with Crippen molar-refractivity contribution < 1.29 is 14.6 Å². The van der Waals surface area contributed by atoms with Crippen LogP contribution in [0.4, 0.5) is 0 Å². The van der Waals surface area contributed by atoms with E-state index < -0.39 is 11.9 Å². The van der Waals surface area contributed by atoms with Gasteiger partial charge in [0.1, 0.15) is 12.4 Å². The van der Waals surface area contributed by atoms with Crippen LogP contribution in [0.15, 0.2) is 54.6 Å². The Bertz CT molecular complexity index is 532. The van der Waals surface area contributed by atoms with Crippen LogP contribution in [0.1, 0.15) is 24.0 Å². The first-order valence-corrected chi connectivity index (χ1v) is 6.16. The Kier molecular flexibility index (Phi) is 4.18. The van der Waals surface area contributed by atoms with Crippen molar-refractivity contribution in [2.45, 2.75) is 19.4 Å². The highest BCUT2D eigenvalue weighted by Gasteiger charge is 2.12. The molecular weight excluding hydrogens is 240 g/mol. The average molecular weight is 256 g/mol.